The van der Waals surface area contributed by atoms with Crippen molar-refractivity contribution >= 4 is 74.7 Å². The molecule has 6 nitrogen and oxygen atoms in total. The molecule has 0 aliphatic rings. The number of hydrogen-bond donors (Lipinski definition) is 0. The first kappa shape index (κ1) is 82.0. The predicted octanol–water partition coefficient (Wildman–Crippen LogP) is 11.5. The molecule has 0 atom stereocenters. The first-order valence-electron chi connectivity index (χ1n) is 26.1. The van der Waals surface area contributed by atoms with Gasteiger partial charge in [0.15, 0.2) is 105 Å². The van der Waals surface area contributed by atoms with E-state index in [1.165, 1.54) is 0 Å². The fraction of sp³-hybridized carbons (Fsp3) is 0.308. The van der Waals surface area contributed by atoms with Gasteiger partial charge < -0.3 is 27.5 Å². The fourth-order valence-electron chi connectivity index (χ4n) is 13.1. The number of ether oxygens (including phenoxy) is 3. The monoisotopic (exact) mass is 1530 g/mol. The van der Waals surface area contributed by atoms with Crippen LogP contribution in [0.2, 0.25) is 46.1 Å². The summed E-state index contributed by atoms with van der Waals surface area (Å²) in [6.07, 6.45) is -5.41. The van der Waals surface area contributed by atoms with Crippen LogP contribution in [0, 0.1) is 175 Å². The van der Waals surface area contributed by atoms with Crippen molar-refractivity contribution in [2.24, 2.45) is 0 Å². The van der Waals surface area contributed by atoms with Crippen molar-refractivity contribution in [1.82, 2.24) is 0 Å². The summed E-state index contributed by atoms with van der Waals surface area (Å²) in [5.74, 6) is -91.2. The quantitative estimate of drug-likeness (QED) is 0.0222. The summed E-state index contributed by atoms with van der Waals surface area (Å²) >= 11 is 0. The van der Waals surface area contributed by atoms with Gasteiger partial charge in [0.1, 0.15) is 105 Å². The molecular formula is C52H42B2F30O6Si4Zn. The van der Waals surface area contributed by atoms with Crippen molar-refractivity contribution < 1.29 is 179 Å². The Bertz CT molecular complexity index is 3420. The van der Waals surface area contributed by atoms with Gasteiger partial charge in [-0.25, -0.2) is 132 Å². The van der Waals surface area contributed by atoms with Crippen LogP contribution in [0.1, 0.15) is 0 Å². The minimum absolute atomic E-state index is 0. The normalized spacial score (nSPS) is 12.6. The Balaban J connectivity index is 0.000000453. The van der Waals surface area contributed by atoms with Crippen molar-refractivity contribution in [3.63, 3.8) is 0 Å². The van der Waals surface area contributed by atoms with Gasteiger partial charge in [0, 0.05) is 27.8 Å². The summed E-state index contributed by atoms with van der Waals surface area (Å²) in [5.41, 5.74) is -22.1. The van der Waals surface area contributed by atoms with Crippen LogP contribution in [-0.2, 0) is 47.0 Å². The van der Waals surface area contributed by atoms with Crippen LogP contribution >= 0.6 is 0 Å². The van der Waals surface area contributed by atoms with Crippen molar-refractivity contribution in [1.29, 1.82) is 0 Å². The molecule has 95 heavy (non-hydrogen) atoms. The number of benzene rings is 6. The van der Waals surface area contributed by atoms with Gasteiger partial charge in [-0.3, -0.25) is 0 Å². The summed E-state index contributed by atoms with van der Waals surface area (Å²) in [6.45, 7) is -3.31. The molecule has 0 bridgehead atoms. The Morgan fingerprint density at radius 1 is 0.221 bits per heavy atom. The molecule has 43 heteroatoms. The van der Waals surface area contributed by atoms with Crippen LogP contribution in [-0.4, -0.2) is 103 Å². The van der Waals surface area contributed by atoms with Gasteiger partial charge in [-0.1, -0.05) is 39.3 Å². The zero-order chi connectivity index (χ0) is 72.3. The summed E-state index contributed by atoms with van der Waals surface area (Å²) in [5, 5.41) is 0. The topological polar surface area (TPSA) is 55.4 Å². The second-order valence-corrected chi connectivity index (χ2v) is 56.8. The molecule has 6 rings (SSSR count). The fourth-order valence-corrected chi connectivity index (χ4v) is 97.5. The van der Waals surface area contributed by atoms with Crippen LogP contribution in [0.4, 0.5) is 132 Å². The minimum atomic E-state index is -6.17. The van der Waals surface area contributed by atoms with Gasteiger partial charge in [0.25, 0.3) is 0 Å². The zero-order valence-corrected chi connectivity index (χ0v) is 56.9. The molecule has 0 aliphatic heterocycles. The van der Waals surface area contributed by atoms with E-state index in [9.17, 15) is 79.0 Å². The average molecular weight is 1530 g/mol. The van der Waals surface area contributed by atoms with Crippen molar-refractivity contribution in [2.75, 3.05) is 61.0 Å². The van der Waals surface area contributed by atoms with Gasteiger partial charge in [0.05, 0.1) is 39.6 Å². The van der Waals surface area contributed by atoms with Crippen molar-refractivity contribution in [3.05, 3.63) is 175 Å². The largest absolute Gasteiger partial charge is 2.00 e. The Hall–Kier alpha value is -5.40. The summed E-state index contributed by atoms with van der Waals surface area (Å²) in [6, 6.07) is 0. The first-order chi connectivity index (χ1) is 43.2. The van der Waals surface area contributed by atoms with E-state index in [1.54, 1.807) is 0 Å². The Kier molecular flexibility index (Phi) is 25.9. The van der Waals surface area contributed by atoms with Crippen LogP contribution < -0.4 is 32.8 Å². The molecule has 0 aromatic heterocycles. The molecule has 0 saturated heterocycles. The second-order valence-electron chi connectivity index (χ2n) is 21.9. The van der Waals surface area contributed by atoms with Gasteiger partial charge in [-0.05, 0) is 0 Å². The zero-order valence-electron chi connectivity index (χ0n) is 49.9. The summed E-state index contributed by atoms with van der Waals surface area (Å²) in [4.78, 5) is 0. The standard InChI is InChI=1S/C33H39BF15O6Si4.C19H3BF15.Zn/c1-50-10-13-53-56(4,5)59(57(6,7)54-14-11-51-2,58(8,9)55-15-12-52-3)34(16-19(35)25(41)31(47)26(42)20(16)36,17-21(37)27(43)32(48)28(44)22(17)38)18-23(39)29(45)33(49)30(46)24(18)40;1-20(2-5(21)11(27)17(33)12(28)6(2)22,3-7(23)13(29)18(34)14(30)8(3)24)4-9(25)15(31)19(35)16(32)10(4)26;/h10-15H2,1-9H3;1H3;/q2*-1;+2. The van der Waals surface area contributed by atoms with Crippen LogP contribution in [0.25, 0.3) is 0 Å². The third kappa shape index (κ3) is 12.7. The van der Waals surface area contributed by atoms with E-state index in [0.717, 1.165) is 60.6 Å². The minimum Gasteiger partial charge on any atom is -0.421 e. The molecule has 0 heterocycles. The molecule has 0 amide bonds. The third-order valence-electron chi connectivity index (χ3n) is 16.2. The number of rotatable bonds is 22. The Morgan fingerprint density at radius 2 is 0.347 bits per heavy atom. The Morgan fingerprint density at radius 3 is 0.484 bits per heavy atom. The molecule has 0 unspecified atom stereocenters. The molecule has 0 radical (unpaired) electrons. The first-order valence-corrected chi connectivity index (χ1v) is 39.9. The molecule has 0 aliphatic carbocycles. The van der Waals surface area contributed by atoms with Crippen LogP contribution in [0.5, 0.6) is 0 Å². The molecule has 0 N–H and O–H groups in total. The van der Waals surface area contributed by atoms with E-state index in [-0.39, 0.29) is 26.3 Å². The number of hydrogen-bond acceptors (Lipinski definition) is 6. The van der Waals surface area contributed by atoms with Crippen molar-refractivity contribution in [2.45, 2.75) is 46.1 Å². The van der Waals surface area contributed by atoms with E-state index >= 15 is 52.7 Å². The van der Waals surface area contributed by atoms with Gasteiger partial charge in [-0.2, -0.15) is 6.82 Å². The average Bonchev–Trinajstić information content (AvgIpc) is 0.647. The second kappa shape index (κ2) is 30.0. The molecule has 6 aromatic carbocycles. The van der Waals surface area contributed by atoms with E-state index in [4.69, 9.17) is 27.5 Å². The molecular weight excluding hydrogens is 1490 g/mol. The SMILES string of the molecule is COCCO[Si](C)(C)[Si]([B-](c1c(F)c(F)c(F)c(F)c1F)(c1c(F)c(F)c(F)c(F)c1F)c1c(F)c(F)c(F)c(F)c1F)([Si](C)(C)OCCOC)[Si](C)(C)OCCOC.C[B-](c1c(F)c(F)c(F)c(F)c1F)(c1c(F)c(F)c(F)c(F)c1F)c1c(F)c(F)c(F)c(F)c1F.[Zn+2]. The van der Waals surface area contributed by atoms with E-state index in [0.29, 0.717) is 0 Å². The van der Waals surface area contributed by atoms with Gasteiger partial charge in [0.2, 0.25) is 0 Å². The maximum Gasteiger partial charge on any atom is 2.00 e. The smallest absolute Gasteiger partial charge is 0.421 e. The van der Waals surface area contributed by atoms with E-state index < -0.39 is 289 Å². The maximum absolute atomic E-state index is 17.1. The van der Waals surface area contributed by atoms with Crippen LogP contribution in [0.3, 0.4) is 0 Å². The molecule has 0 fully saturated rings. The molecule has 520 valence electrons. The molecule has 0 saturated carbocycles. The summed E-state index contributed by atoms with van der Waals surface area (Å²) < 4.78 is 488. The van der Waals surface area contributed by atoms with E-state index in [1.807, 2.05) is 0 Å². The number of halogens is 30. The Labute approximate surface area is 533 Å². The molecule has 6 aromatic rings. The van der Waals surface area contributed by atoms with Gasteiger partial charge >= 0.3 is 19.5 Å². The van der Waals surface area contributed by atoms with Crippen molar-refractivity contribution in [3.8, 4) is 0 Å². The number of methoxy groups -OCH3 is 3. The van der Waals surface area contributed by atoms with Crippen LogP contribution in [0.15, 0.2) is 0 Å². The van der Waals surface area contributed by atoms with E-state index in [2.05, 4.69) is 0 Å². The third-order valence-corrected chi connectivity index (χ3v) is 81.7. The molecule has 0 spiro atoms. The predicted molar refractivity (Wildman–Crippen MR) is 284 cm³/mol. The summed E-state index contributed by atoms with van der Waals surface area (Å²) in [7, 11) is -11.6. The van der Waals surface area contributed by atoms with Gasteiger partial charge in [-0.15, -0.1) is 32.8 Å². The maximum atomic E-state index is 17.1.